The van der Waals surface area contributed by atoms with Gasteiger partial charge in [-0.05, 0) is 42.0 Å². The van der Waals surface area contributed by atoms with Crippen LogP contribution < -0.4 is 18.9 Å². The van der Waals surface area contributed by atoms with Gasteiger partial charge in [-0.3, -0.25) is 10.5 Å². The van der Waals surface area contributed by atoms with Crippen LogP contribution in [0.3, 0.4) is 0 Å². The second-order valence-corrected chi connectivity index (χ2v) is 9.31. The number of nitriles is 1. The van der Waals surface area contributed by atoms with E-state index in [1.807, 2.05) is 54.6 Å². The topological polar surface area (TPSA) is 113 Å². The second-order valence-electron chi connectivity index (χ2n) is 8.39. The summed E-state index contributed by atoms with van der Waals surface area (Å²) in [7, 11) is 3.17. The highest BCUT2D eigenvalue weighted by atomic mass is 79.9. The van der Waals surface area contributed by atoms with Crippen molar-refractivity contribution in [2.45, 2.75) is 12.5 Å². The Morgan fingerprint density at radius 1 is 1.05 bits per heavy atom. The summed E-state index contributed by atoms with van der Waals surface area (Å²) < 4.78 is 23.9. The van der Waals surface area contributed by atoms with E-state index >= 15 is 0 Å². The molecule has 8 nitrogen and oxygen atoms in total. The van der Waals surface area contributed by atoms with Crippen LogP contribution in [-0.2, 0) is 6.61 Å². The van der Waals surface area contributed by atoms with Gasteiger partial charge in [-0.15, -0.1) is 5.10 Å². The van der Waals surface area contributed by atoms with Gasteiger partial charge < -0.3 is 18.9 Å². The summed E-state index contributed by atoms with van der Waals surface area (Å²) in [6, 6.07) is 23.2. The number of methoxy groups -OCH3 is 2. The second kappa shape index (κ2) is 10.4. The third-order valence-corrected chi connectivity index (χ3v) is 6.75. The van der Waals surface area contributed by atoms with Crippen molar-refractivity contribution < 1.29 is 18.9 Å². The SMILES string of the molecule is COc1ccc(OC)c(-c2[nH]nc3c2C(c2cc(Br)ccc2OCc2ccccc2)C(C#N)C(=N)O3)c1. The lowest BCUT2D eigenvalue weighted by Gasteiger charge is -2.29. The molecule has 2 atom stereocenters. The Labute approximate surface area is 222 Å². The van der Waals surface area contributed by atoms with Gasteiger partial charge >= 0.3 is 0 Å². The van der Waals surface area contributed by atoms with Crippen LogP contribution in [0.2, 0.25) is 0 Å². The van der Waals surface area contributed by atoms with E-state index < -0.39 is 11.8 Å². The van der Waals surface area contributed by atoms with Gasteiger partial charge in [-0.1, -0.05) is 46.3 Å². The van der Waals surface area contributed by atoms with Crippen LogP contribution in [0.15, 0.2) is 71.2 Å². The maximum Gasteiger partial charge on any atom is 0.244 e. The lowest BCUT2D eigenvalue weighted by atomic mass is 9.78. The maximum absolute atomic E-state index is 10.2. The van der Waals surface area contributed by atoms with Crippen molar-refractivity contribution in [1.29, 1.82) is 10.7 Å². The molecule has 0 amide bonds. The van der Waals surface area contributed by atoms with E-state index in [4.69, 9.17) is 24.4 Å². The van der Waals surface area contributed by atoms with Crippen LogP contribution in [0.25, 0.3) is 11.3 Å². The van der Waals surface area contributed by atoms with E-state index in [2.05, 4.69) is 32.2 Å². The number of aromatic amines is 1. The smallest absolute Gasteiger partial charge is 0.244 e. The first-order valence-corrected chi connectivity index (χ1v) is 12.3. The lowest BCUT2D eigenvalue weighted by Crippen LogP contribution is -2.31. The third-order valence-electron chi connectivity index (χ3n) is 6.26. The average Bonchev–Trinajstić information content (AvgIpc) is 3.34. The zero-order valence-electron chi connectivity index (χ0n) is 20.1. The van der Waals surface area contributed by atoms with E-state index in [1.165, 1.54) is 0 Å². The lowest BCUT2D eigenvalue weighted by molar-refractivity contribution is 0.300. The Kier molecular flexibility index (Phi) is 6.84. The number of rotatable bonds is 7. The first kappa shape index (κ1) is 24.4. The molecule has 3 aromatic carbocycles. The minimum Gasteiger partial charge on any atom is -0.497 e. The van der Waals surface area contributed by atoms with Gasteiger partial charge in [0.25, 0.3) is 0 Å². The van der Waals surface area contributed by atoms with E-state index in [1.54, 1.807) is 26.4 Å². The molecule has 1 aliphatic heterocycles. The summed E-state index contributed by atoms with van der Waals surface area (Å²) in [6.45, 7) is 0.349. The van der Waals surface area contributed by atoms with Gasteiger partial charge in [-0.2, -0.15) is 5.26 Å². The molecule has 0 bridgehead atoms. The highest BCUT2D eigenvalue weighted by molar-refractivity contribution is 9.10. The molecule has 0 fully saturated rings. The molecule has 0 spiro atoms. The fourth-order valence-electron chi connectivity index (χ4n) is 4.50. The van der Waals surface area contributed by atoms with Gasteiger partial charge in [0.1, 0.15) is 29.8 Å². The Balaban J connectivity index is 1.68. The summed E-state index contributed by atoms with van der Waals surface area (Å²) in [5.74, 6) is 0.368. The number of H-pyrrole nitrogens is 1. The van der Waals surface area contributed by atoms with Crippen molar-refractivity contribution in [3.63, 3.8) is 0 Å². The number of benzene rings is 3. The molecule has 2 N–H and O–H groups in total. The summed E-state index contributed by atoms with van der Waals surface area (Å²) in [5.41, 5.74) is 3.68. The number of hydrogen-bond acceptors (Lipinski definition) is 7. The van der Waals surface area contributed by atoms with Gasteiger partial charge in [0.2, 0.25) is 11.8 Å². The summed E-state index contributed by atoms with van der Waals surface area (Å²) >= 11 is 3.57. The van der Waals surface area contributed by atoms with E-state index in [0.29, 0.717) is 40.7 Å². The van der Waals surface area contributed by atoms with Gasteiger partial charge in [-0.25, -0.2) is 0 Å². The van der Waals surface area contributed by atoms with E-state index in [9.17, 15) is 5.26 Å². The molecule has 37 heavy (non-hydrogen) atoms. The maximum atomic E-state index is 10.2. The summed E-state index contributed by atoms with van der Waals surface area (Å²) in [6.07, 6.45) is 0. The van der Waals surface area contributed by atoms with Crippen molar-refractivity contribution in [3.8, 4) is 40.5 Å². The molecule has 2 unspecified atom stereocenters. The minimum atomic E-state index is -0.908. The number of nitrogens with one attached hydrogen (secondary N) is 2. The molecule has 186 valence electrons. The predicted molar refractivity (Wildman–Crippen MR) is 141 cm³/mol. The number of hydrogen-bond donors (Lipinski definition) is 2. The number of ether oxygens (including phenoxy) is 4. The summed E-state index contributed by atoms with van der Waals surface area (Å²) in [4.78, 5) is 0. The Morgan fingerprint density at radius 2 is 1.84 bits per heavy atom. The Bertz CT molecular complexity index is 1500. The highest BCUT2D eigenvalue weighted by Crippen LogP contribution is 2.50. The molecule has 9 heteroatoms. The predicted octanol–water partition coefficient (Wildman–Crippen LogP) is 6.08. The van der Waals surface area contributed by atoms with Gasteiger partial charge in [0, 0.05) is 21.5 Å². The molecule has 1 aromatic heterocycles. The molecule has 0 saturated heterocycles. The van der Waals surface area contributed by atoms with Crippen molar-refractivity contribution in [3.05, 3.63) is 87.9 Å². The van der Waals surface area contributed by atoms with Crippen LogP contribution in [0.4, 0.5) is 0 Å². The zero-order chi connectivity index (χ0) is 25.9. The quantitative estimate of drug-likeness (QED) is 0.284. The first-order chi connectivity index (χ1) is 18.0. The third kappa shape index (κ3) is 4.63. The van der Waals surface area contributed by atoms with Crippen LogP contribution >= 0.6 is 15.9 Å². The minimum absolute atomic E-state index is 0.176. The van der Waals surface area contributed by atoms with Crippen molar-refractivity contribution in [2.24, 2.45) is 5.92 Å². The molecule has 1 aliphatic rings. The normalized spacial score (nSPS) is 16.3. The molecule has 0 radical (unpaired) electrons. The van der Waals surface area contributed by atoms with Gasteiger partial charge in [0.15, 0.2) is 0 Å². The fraction of sp³-hybridized carbons (Fsp3) is 0.179. The molecule has 5 rings (SSSR count). The first-order valence-electron chi connectivity index (χ1n) is 11.5. The molecule has 4 aromatic rings. The number of fused-ring (bicyclic) bond motifs is 1. The molecule has 0 saturated carbocycles. The van der Waals surface area contributed by atoms with Crippen molar-refractivity contribution >= 4 is 21.8 Å². The van der Waals surface area contributed by atoms with Gasteiger partial charge in [0.05, 0.1) is 31.5 Å². The van der Waals surface area contributed by atoms with E-state index in [0.717, 1.165) is 15.6 Å². The van der Waals surface area contributed by atoms with Crippen LogP contribution in [0.1, 0.15) is 22.6 Å². The molecular weight excluding hydrogens is 536 g/mol. The fourth-order valence-corrected chi connectivity index (χ4v) is 4.88. The highest BCUT2D eigenvalue weighted by Gasteiger charge is 2.42. The molecular formula is C28H23BrN4O4. The Hall–Kier alpha value is -4.29. The Morgan fingerprint density at radius 3 is 2.57 bits per heavy atom. The van der Waals surface area contributed by atoms with Crippen molar-refractivity contribution in [2.75, 3.05) is 14.2 Å². The standard InChI is InChI=1S/C28H23BrN4O4/c1-34-18-9-11-22(35-2)20(13-18)26-25-24(21(14-30)27(31)37-28(25)33-32-26)19-12-17(29)8-10-23(19)36-15-16-6-4-3-5-7-16/h3-13,21,24,31H,15H2,1-2H3,(H,32,33). The van der Waals surface area contributed by atoms with Crippen molar-refractivity contribution in [1.82, 2.24) is 10.2 Å². The monoisotopic (exact) mass is 558 g/mol. The number of aromatic nitrogens is 2. The van der Waals surface area contributed by atoms with E-state index in [-0.39, 0.29) is 11.8 Å². The molecule has 0 aliphatic carbocycles. The largest absolute Gasteiger partial charge is 0.497 e. The number of halogens is 1. The average molecular weight is 559 g/mol. The summed E-state index contributed by atoms with van der Waals surface area (Å²) in [5, 5.41) is 26.1. The molecule has 2 heterocycles. The zero-order valence-corrected chi connectivity index (χ0v) is 21.7. The number of nitrogens with zero attached hydrogens (tertiary/aromatic N) is 2. The van der Waals surface area contributed by atoms with Crippen LogP contribution in [0, 0.1) is 22.7 Å². The van der Waals surface area contributed by atoms with Crippen LogP contribution in [-0.4, -0.2) is 30.3 Å². The van der Waals surface area contributed by atoms with Crippen LogP contribution in [0.5, 0.6) is 23.1 Å².